The molecule has 3 heterocycles. The Balaban J connectivity index is 1.92. The zero-order valence-corrected chi connectivity index (χ0v) is 16.8. The molecule has 0 saturated carbocycles. The van der Waals surface area contributed by atoms with Crippen LogP contribution in [0.4, 0.5) is 18.9 Å². The van der Waals surface area contributed by atoms with Gasteiger partial charge in [-0.3, -0.25) is 9.79 Å². The fourth-order valence-corrected chi connectivity index (χ4v) is 4.68. The number of alkyl halides is 3. The lowest BCUT2D eigenvalue weighted by Gasteiger charge is -2.30. The van der Waals surface area contributed by atoms with Crippen molar-refractivity contribution in [3.63, 3.8) is 0 Å². The van der Waals surface area contributed by atoms with Gasteiger partial charge in [0.25, 0.3) is 5.91 Å². The van der Waals surface area contributed by atoms with Gasteiger partial charge in [0.2, 0.25) is 0 Å². The first-order chi connectivity index (χ1) is 14.9. The number of primary amides is 1. The maximum Gasteiger partial charge on any atom is 0.417 e. The number of rotatable bonds is 3. The van der Waals surface area contributed by atoms with Crippen molar-refractivity contribution in [1.29, 1.82) is 0 Å². The van der Waals surface area contributed by atoms with Crippen LogP contribution in [-0.2, 0) is 6.18 Å². The Bertz CT molecular complexity index is 1250. The molecule has 0 spiro atoms. The number of nitrogens with two attached hydrogens (primary N) is 1. The Morgan fingerprint density at radius 1 is 1.10 bits per heavy atom. The Kier molecular flexibility index (Phi) is 4.44. The van der Waals surface area contributed by atoms with Crippen LogP contribution < -0.4 is 5.73 Å². The number of amides is 1. The first kappa shape index (κ1) is 19.5. The van der Waals surface area contributed by atoms with E-state index in [9.17, 15) is 18.0 Å². The van der Waals surface area contributed by atoms with E-state index in [0.29, 0.717) is 41.5 Å². The van der Waals surface area contributed by atoms with E-state index in [1.807, 2.05) is 22.4 Å². The molecule has 31 heavy (non-hydrogen) atoms. The fourth-order valence-electron chi connectivity index (χ4n) is 3.95. The predicted octanol–water partition coefficient (Wildman–Crippen LogP) is 4.69. The molecule has 2 aromatic carbocycles. The van der Waals surface area contributed by atoms with Gasteiger partial charge in [-0.1, -0.05) is 36.4 Å². The van der Waals surface area contributed by atoms with Crippen molar-refractivity contribution in [2.24, 2.45) is 15.7 Å². The Morgan fingerprint density at radius 3 is 2.52 bits per heavy atom. The number of carbonyl (C=O) groups is 1. The molecule has 2 aliphatic heterocycles. The van der Waals surface area contributed by atoms with Gasteiger partial charge in [0.1, 0.15) is 5.84 Å². The van der Waals surface area contributed by atoms with Gasteiger partial charge in [0.05, 0.1) is 33.8 Å². The number of fused-ring (bicyclic) bond motifs is 3. The van der Waals surface area contributed by atoms with Crippen molar-refractivity contribution < 1.29 is 18.0 Å². The fraction of sp³-hybridized carbons (Fsp3) is 0.136. The van der Waals surface area contributed by atoms with Gasteiger partial charge < -0.3 is 10.6 Å². The van der Waals surface area contributed by atoms with E-state index in [-0.39, 0.29) is 5.69 Å². The molecule has 0 atom stereocenters. The summed E-state index contributed by atoms with van der Waals surface area (Å²) in [5.41, 5.74) is 4.93. The third-order valence-corrected chi connectivity index (χ3v) is 6.08. The molecular weight excluding hydrogens is 425 g/mol. The molecule has 0 bridgehead atoms. The molecule has 5 nitrogen and oxygen atoms in total. The molecule has 2 aliphatic rings. The zero-order valence-electron chi connectivity index (χ0n) is 16.0. The van der Waals surface area contributed by atoms with Gasteiger partial charge in [-0.15, -0.1) is 11.3 Å². The van der Waals surface area contributed by atoms with Gasteiger partial charge in [0, 0.05) is 6.54 Å². The normalized spacial score (nSPS) is 15.3. The van der Waals surface area contributed by atoms with E-state index in [4.69, 9.17) is 5.73 Å². The number of nitrogens with zero attached hydrogens (tertiary/aromatic N) is 3. The maximum absolute atomic E-state index is 14.0. The van der Waals surface area contributed by atoms with Gasteiger partial charge >= 0.3 is 6.18 Å². The highest BCUT2D eigenvalue weighted by Crippen LogP contribution is 2.45. The first-order valence-corrected chi connectivity index (χ1v) is 10.3. The molecule has 0 fully saturated rings. The smallest absolute Gasteiger partial charge is 0.366 e. The minimum Gasteiger partial charge on any atom is -0.366 e. The number of aliphatic imine (C=N–C) groups is 2. The highest BCUT2D eigenvalue weighted by molar-refractivity contribution is 7.12. The first-order valence-electron chi connectivity index (χ1n) is 9.44. The molecule has 0 unspecified atom stereocenters. The molecular formula is C22H15F3N4OS. The van der Waals surface area contributed by atoms with E-state index >= 15 is 0 Å². The molecule has 0 radical (unpaired) electrons. The summed E-state index contributed by atoms with van der Waals surface area (Å²) in [6.45, 7) is 1.02. The second-order valence-electron chi connectivity index (χ2n) is 7.07. The van der Waals surface area contributed by atoms with Crippen LogP contribution in [0.5, 0.6) is 0 Å². The second kappa shape index (κ2) is 7.05. The van der Waals surface area contributed by atoms with Gasteiger partial charge in [-0.25, -0.2) is 4.99 Å². The van der Waals surface area contributed by atoms with Crippen LogP contribution in [0, 0.1) is 0 Å². The number of amidine groups is 2. The summed E-state index contributed by atoms with van der Waals surface area (Å²) in [7, 11) is 0. The summed E-state index contributed by atoms with van der Waals surface area (Å²) in [5, 5.41) is 1.86. The van der Waals surface area contributed by atoms with Crippen molar-refractivity contribution in [2.75, 3.05) is 13.1 Å². The lowest BCUT2D eigenvalue weighted by molar-refractivity contribution is -0.137. The average molecular weight is 440 g/mol. The van der Waals surface area contributed by atoms with Gasteiger partial charge in [-0.05, 0) is 28.6 Å². The summed E-state index contributed by atoms with van der Waals surface area (Å²) in [6.07, 6.45) is -4.78. The van der Waals surface area contributed by atoms with E-state index in [1.54, 1.807) is 30.3 Å². The summed E-state index contributed by atoms with van der Waals surface area (Å²) >= 11 is 1.41. The second-order valence-corrected chi connectivity index (χ2v) is 8.02. The number of hydrogen-bond donors (Lipinski definition) is 1. The molecule has 0 aliphatic carbocycles. The number of hydrogen-bond acceptors (Lipinski definition) is 5. The molecule has 1 amide bonds. The molecule has 1 aromatic heterocycles. The van der Waals surface area contributed by atoms with Crippen molar-refractivity contribution in [1.82, 2.24) is 4.90 Å². The topological polar surface area (TPSA) is 71.1 Å². The van der Waals surface area contributed by atoms with E-state index < -0.39 is 23.2 Å². The summed E-state index contributed by atoms with van der Waals surface area (Å²) < 4.78 is 42.1. The Labute approximate surface area is 179 Å². The Morgan fingerprint density at radius 2 is 1.87 bits per heavy atom. The monoisotopic (exact) mass is 440 g/mol. The molecule has 156 valence electrons. The van der Waals surface area contributed by atoms with Crippen LogP contribution >= 0.6 is 11.3 Å². The molecule has 5 rings (SSSR count). The van der Waals surface area contributed by atoms with Gasteiger partial charge in [-0.2, -0.15) is 13.2 Å². The van der Waals surface area contributed by atoms with Crippen LogP contribution in [0.25, 0.3) is 11.1 Å². The van der Waals surface area contributed by atoms with Crippen molar-refractivity contribution in [3.8, 4) is 11.1 Å². The summed E-state index contributed by atoms with van der Waals surface area (Å²) in [4.78, 5) is 24.1. The third kappa shape index (κ3) is 3.12. The van der Waals surface area contributed by atoms with Crippen LogP contribution in [0.2, 0.25) is 0 Å². The molecule has 2 N–H and O–H groups in total. The van der Waals surface area contributed by atoms with Crippen LogP contribution in [0.1, 0.15) is 26.4 Å². The molecule has 3 aromatic rings. The quantitative estimate of drug-likeness (QED) is 0.642. The number of carbonyl (C=O) groups excluding carboxylic acids is 1. The highest BCUT2D eigenvalue weighted by atomic mass is 32.1. The van der Waals surface area contributed by atoms with E-state index in [0.717, 1.165) is 10.9 Å². The highest BCUT2D eigenvalue weighted by Gasteiger charge is 2.42. The SMILES string of the molecule is NC(=O)c1c(C(F)(F)F)cc(-c2ccccc2)c2c1N=C(c1cccs1)N1CCN=C21. The largest absolute Gasteiger partial charge is 0.417 e. The van der Waals surface area contributed by atoms with Crippen molar-refractivity contribution in [2.45, 2.75) is 6.18 Å². The number of halogens is 3. The lowest BCUT2D eigenvalue weighted by atomic mass is 9.89. The van der Waals surface area contributed by atoms with Crippen molar-refractivity contribution >= 4 is 34.6 Å². The Hall–Kier alpha value is -3.46. The molecule has 9 heteroatoms. The zero-order chi connectivity index (χ0) is 21.8. The summed E-state index contributed by atoms with van der Waals surface area (Å²) in [6, 6.07) is 13.4. The minimum absolute atomic E-state index is 0.0820. The van der Waals surface area contributed by atoms with E-state index in [2.05, 4.69) is 9.98 Å². The lowest BCUT2D eigenvalue weighted by Crippen LogP contribution is -2.38. The van der Waals surface area contributed by atoms with E-state index in [1.165, 1.54) is 11.3 Å². The maximum atomic E-state index is 14.0. The number of thiophene rings is 1. The minimum atomic E-state index is -4.78. The van der Waals surface area contributed by atoms with Crippen LogP contribution in [-0.4, -0.2) is 35.6 Å². The van der Waals surface area contributed by atoms with Crippen LogP contribution in [0.15, 0.2) is 63.9 Å². The summed E-state index contributed by atoms with van der Waals surface area (Å²) in [5.74, 6) is -0.201. The third-order valence-electron chi connectivity index (χ3n) is 5.22. The van der Waals surface area contributed by atoms with Crippen LogP contribution in [0.3, 0.4) is 0 Å². The average Bonchev–Trinajstić information content (AvgIpc) is 3.44. The standard InChI is InChI=1S/C22H15F3N4OS/c23-22(24,25)14-11-13(12-5-2-1-3-6-12)16-18(17(14)19(26)30)28-20(15-7-4-10-31-15)29-9-8-27-21(16)29/h1-7,10-11H,8-9H2,(H2,26,30). The number of benzene rings is 2. The van der Waals surface area contributed by atoms with Crippen molar-refractivity contribution in [3.05, 3.63) is 75.5 Å². The van der Waals surface area contributed by atoms with Gasteiger partial charge in [0.15, 0.2) is 5.84 Å². The predicted molar refractivity (Wildman–Crippen MR) is 114 cm³/mol. The molecule has 0 saturated heterocycles.